The van der Waals surface area contributed by atoms with Crippen molar-refractivity contribution in [3.05, 3.63) is 62.6 Å². The molecule has 0 unspecified atom stereocenters. The molecule has 0 atom stereocenters. The molecule has 0 bridgehead atoms. The van der Waals surface area contributed by atoms with E-state index in [1.807, 2.05) is 0 Å². The standard InChI is InChI=1S/C17H16F3N5O3/c1-23-9-22-14-13(23)15(27)25(16(28)24(14)2)8-12(26)21-7-10-4-3-5-11(6-10)17(18,19)20/h3-6,9H,7-8H2,1-2H3,(H,21,26). The zero-order valence-electron chi connectivity index (χ0n) is 14.9. The monoisotopic (exact) mass is 395 g/mol. The molecule has 1 N–H and O–H groups in total. The molecule has 3 aromatic rings. The normalized spacial score (nSPS) is 11.8. The molecule has 8 nitrogen and oxygen atoms in total. The zero-order chi connectivity index (χ0) is 20.6. The average Bonchev–Trinajstić information content (AvgIpc) is 3.03. The van der Waals surface area contributed by atoms with Crippen molar-refractivity contribution in [1.29, 1.82) is 0 Å². The maximum Gasteiger partial charge on any atom is 0.416 e. The number of hydrogen-bond donors (Lipinski definition) is 1. The van der Waals surface area contributed by atoms with Gasteiger partial charge in [-0.3, -0.25) is 14.2 Å². The van der Waals surface area contributed by atoms with Gasteiger partial charge < -0.3 is 9.88 Å². The summed E-state index contributed by atoms with van der Waals surface area (Å²) in [6, 6.07) is 4.52. The molecule has 3 rings (SSSR count). The smallest absolute Gasteiger partial charge is 0.350 e. The summed E-state index contributed by atoms with van der Waals surface area (Å²) in [5.41, 5.74) is -1.62. The van der Waals surface area contributed by atoms with Crippen LogP contribution in [0.3, 0.4) is 0 Å². The quantitative estimate of drug-likeness (QED) is 0.707. The van der Waals surface area contributed by atoms with Crippen molar-refractivity contribution in [2.75, 3.05) is 0 Å². The van der Waals surface area contributed by atoms with Crippen molar-refractivity contribution in [3.8, 4) is 0 Å². The van der Waals surface area contributed by atoms with Crippen molar-refractivity contribution in [2.24, 2.45) is 14.1 Å². The number of aryl methyl sites for hydroxylation is 2. The first kappa shape index (κ1) is 19.4. The van der Waals surface area contributed by atoms with Gasteiger partial charge in [-0.05, 0) is 17.7 Å². The lowest BCUT2D eigenvalue weighted by molar-refractivity contribution is -0.137. The highest BCUT2D eigenvalue weighted by Gasteiger charge is 2.30. The third-order valence-electron chi connectivity index (χ3n) is 4.25. The van der Waals surface area contributed by atoms with Crippen LogP contribution in [-0.4, -0.2) is 24.6 Å². The average molecular weight is 395 g/mol. The Morgan fingerprint density at radius 3 is 2.61 bits per heavy atom. The molecule has 0 aliphatic rings. The van der Waals surface area contributed by atoms with Gasteiger partial charge in [0.1, 0.15) is 6.54 Å². The molecular formula is C17H16F3N5O3. The Kier molecular flexibility index (Phi) is 4.84. The SMILES string of the molecule is Cn1cnc2c1c(=O)n(CC(=O)NCc1cccc(C(F)(F)F)c1)c(=O)n2C. The summed E-state index contributed by atoms with van der Waals surface area (Å²) in [5.74, 6) is -0.682. The summed E-state index contributed by atoms with van der Waals surface area (Å²) in [7, 11) is 3.01. The number of nitrogens with one attached hydrogen (secondary N) is 1. The molecule has 1 amide bonds. The van der Waals surface area contributed by atoms with E-state index in [0.717, 1.165) is 21.3 Å². The molecule has 1 aromatic carbocycles. The Morgan fingerprint density at radius 2 is 1.93 bits per heavy atom. The second kappa shape index (κ2) is 6.98. The van der Waals surface area contributed by atoms with Crippen LogP contribution in [0.2, 0.25) is 0 Å². The molecule has 2 aromatic heterocycles. The number of fused-ring (bicyclic) bond motifs is 1. The lowest BCUT2D eigenvalue weighted by Gasteiger charge is -2.11. The van der Waals surface area contributed by atoms with E-state index in [1.165, 1.54) is 30.1 Å². The molecule has 0 aliphatic heterocycles. The van der Waals surface area contributed by atoms with Gasteiger partial charge in [-0.25, -0.2) is 14.3 Å². The van der Waals surface area contributed by atoms with E-state index in [1.54, 1.807) is 7.05 Å². The fraction of sp³-hybridized carbons (Fsp3) is 0.294. The van der Waals surface area contributed by atoms with Crippen LogP contribution in [0, 0.1) is 0 Å². The van der Waals surface area contributed by atoms with E-state index in [-0.39, 0.29) is 23.3 Å². The van der Waals surface area contributed by atoms with Crippen LogP contribution in [0.25, 0.3) is 11.2 Å². The van der Waals surface area contributed by atoms with Gasteiger partial charge in [0, 0.05) is 20.6 Å². The van der Waals surface area contributed by atoms with Gasteiger partial charge in [0.15, 0.2) is 11.2 Å². The fourth-order valence-electron chi connectivity index (χ4n) is 2.79. The molecule has 28 heavy (non-hydrogen) atoms. The van der Waals surface area contributed by atoms with Crippen molar-refractivity contribution in [2.45, 2.75) is 19.3 Å². The molecule has 11 heteroatoms. The largest absolute Gasteiger partial charge is 0.416 e. The van der Waals surface area contributed by atoms with Crippen LogP contribution in [-0.2, 0) is 38.2 Å². The van der Waals surface area contributed by atoms with E-state index < -0.39 is 35.4 Å². The minimum atomic E-state index is -4.49. The fourth-order valence-corrected chi connectivity index (χ4v) is 2.79. The number of alkyl halides is 3. The first-order valence-electron chi connectivity index (χ1n) is 8.13. The van der Waals surface area contributed by atoms with Crippen LogP contribution in [0.15, 0.2) is 40.2 Å². The maximum atomic E-state index is 12.7. The second-order valence-electron chi connectivity index (χ2n) is 6.24. The number of aromatic nitrogens is 4. The Balaban J connectivity index is 1.80. The topological polar surface area (TPSA) is 90.9 Å². The second-order valence-corrected chi connectivity index (χ2v) is 6.24. The number of halogens is 3. The van der Waals surface area contributed by atoms with Crippen molar-refractivity contribution in [3.63, 3.8) is 0 Å². The summed E-state index contributed by atoms with van der Waals surface area (Å²) in [6.45, 7) is -0.739. The van der Waals surface area contributed by atoms with Gasteiger partial charge in [0.2, 0.25) is 5.91 Å². The summed E-state index contributed by atoms with van der Waals surface area (Å²) in [6.07, 6.45) is -3.11. The van der Waals surface area contributed by atoms with Gasteiger partial charge in [0.05, 0.1) is 11.9 Å². The Morgan fingerprint density at radius 1 is 1.21 bits per heavy atom. The van der Waals surface area contributed by atoms with Gasteiger partial charge in [-0.15, -0.1) is 0 Å². The number of amides is 1. The molecule has 0 radical (unpaired) electrons. The van der Waals surface area contributed by atoms with Crippen molar-refractivity contribution >= 4 is 17.1 Å². The Bertz CT molecular complexity index is 1170. The highest BCUT2D eigenvalue weighted by Crippen LogP contribution is 2.29. The van der Waals surface area contributed by atoms with Gasteiger partial charge >= 0.3 is 11.9 Å². The van der Waals surface area contributed by atoms with E-state index in [0.29, 0.717) is 0 Å². The molecule has 0 spiro atoms. The van der Waals surface area contributed by atoms with Crippen molar-refractivity contribution in [1.82, 2.24) is 24.0 Å². The van der Waals surface area contributed by atoms with Crippen LogP contribution >= 0.6 is 0 Å². The number of rotatable bonds is 4. The molecule has 2 heterocycles. The Hall–Kier alpha value is -3.37. The first-order valence-corrected chi connectivity index (χ1v) is 8.13. The number of imidazole rings is 1. The third-order valence-corrected chi connectivity index (χ3v) is 4.25. The van der Waals surface area contributed by atoms with Gasteiger partial charge in [-0.2, -0.15) is 13.2 Å². The lowest BCUT2D eigenvalue weighted by atomic mass is 10.1. The molecule has 0 saturated carbocycles. The number of benzene rings is 1. The number of hydrogen-bond acceptors (Lipinski definition) is 4. The minimum absolute atomic E-state index is 0.160. The van der Waals surface area contributed by atoms with Crippen LogP contribution in [0.4, 0.5) is 13.2 Å². The van der Waals surface area contributed by atoms with Gasteiger partial charge in [-0.1, -0.05) is 12.1 Å². The molecule has 148 valence electrons. The van der Waals surface area contributed by atoms with Crippen molar-refractivity contribution < 1.29 is 18.0 Å². The number of carbonyl (C=O) groups is 1. The zero-order valence-corrected chi connectivity index (χ0v) is 14.9. The van der Waals surface area contributed by atoms with E-state index in [2.05, 4.69) is 10.3 Å². The lowest BCUT2D eigenvalue weighted by Crippen LogP contribution is -2.43. The minimum Gasteiger partial charge on any atom is -0.350 e. The summed E-state index contributed by atoms with van der Waals surface area (Å²) in [5, 5.41) is 2.42. The van der Waals surface area contributed by atoms with E-state index >= 15 is 0 Å². The van der Waals surface area contributed by atoms with E-state index in [9.17, 15) is 27.6 Å². The summed E-state index contributed by atoms with van der Waals surface area (Å²) in [4.78, 5) is 41.0. The van der Waals surface area contributed by atoms with Crippen LogP contribution in [0.1, 0.15) is 11.1 Å². The number of carbonyl (C=O) groups excluding carboxylic acids is 1. The summed E-state index contributed by atoms with van der Waals surface area (Å²) >= 11 is 0. The predicted octanol–water partition coefficient (Wildman–Crippen LogP) is 0.769. The third kappa shape index (κ3) is 3.55. The molecule has 0 fully saturated rings. The Labute approximate surface area is 155 Å². The first-order chi connectivity index (χ1) is 13.1. The summed E-state index contributed by atoms with van der Waals surface area (Å²) < 4.78 is 41.6. The maximum absolute atomic E-state index is 12.7. The van der Waals surface area contributed by atoms with E-state index in [4.69, 9.17) is 0 Å². The molecule has 0 saturated heterocycles. The molecule has 0 aliphatic carbocycles. The molecular weight excluding hydrogens is 379 g/mol. The predicted molar refractivity (Wildman–Crippen MR) is 93.5 cm³/mol. The van der Waals surface area contributed by atoms with Crippen LogP contribution in [0.5, 0.6) is 0 Å². The van der Waals surface area contributed by atoms with Crippen LogP contribution < -0.4 is 16.6 Å². The van der Waals surface area contributed by atoms with Gasteiger partial charge in [0.25, 0.3) is 5.56 Å². The highest BCUT2D eigenvalue weighted by atomic mass is 19.4. The number of nitrogens with zero attached hydrogens (tertiary/aromatic N) is 4. The highest BCUT2D eigenvalue weighted by molar-refractivity contribution is 5.76.